The van der Waals surface area contributed by atoms with Crippen LogP contribution in [0, 0.1) is 0 Å². The average Bonchev–Trinajstić information content (AvgIpc) is 2.85. The predicted molar refractivity (Wildman–Crippen MR) is 82.4 cm³/mol. The Bertz CT molecular complexity index is 679. The fourth-order valence-electron chi connectivity index (χ4n) is 1.84. The van der Waals surface area contributed by atoms with Crippen LogP contribution in [0.2, 0.25) is 0 Å². The Kier molecular flexibility index (Phi) is 4.81. The fraction of sp³-hybridized carbons (Fsp3) is 0.308. The third-order valence-corrected chi connectivity index (χ3v) is 4.38. The maximum atomic E-state index is 11.8. The van der Waals surface area contributed by atoms with E-state index < -0.39 is 10.0 Å². The molecular formula is C13H19N5O2S. The number of nitrogens with two attached hydrogens (primary N) is 1. The third kappa shape index (κ3) is 4.20. The van der Waals surface area contributed by atoms with Gasteiger partial charge >= 0.3 is 0 Å². The molecule has 114 valence electrons. The summed E-state index contributed by atoms with van der Waals surface area (Å²) in [5.74, 6) is 0. The Morgan fingerprint density at radius 2 is 2.00 bits per heavy atom. The minimum atomic E-state index is -3.39. The minimum Gasteiger partial charge on any atom is -0.396 e. The Morgan fingerprint density at radius 1 is 1.29 bits per heavy atom. The van der Waals surface area contributed by atoms with Gasteiger partial charge in [-0.25, -0.2) is 13.1 Å². The highest BCUT2D eigenvalue weighted by Crippen LogP contribution is 2.13. The van der Waals surface area contributed by atoms with Gasteiger partial charge in [0.1, 0.15) is 0 Å². The van der Waals surface area contributed by atoms with Gasteiger partial charge in [-0.1, -0.05) is 6.92 Å². The van der Waals surface area contributed by atoms with E-state index >= 15 is 0 Å². The summed E-state index contributed by atoms with van der Waals surface area (Å²) in [4.78, 5) is 0.259. The lowest BCUT2D eigenvalue weighted by atomic mass is 10.3. The van der Waals surface area contributed by atoms with Gasteiger partial charge in [0.05, 0.1) is 23.3 Å². The molecule has 0 aliphatic rings. The highest BCUT2D eigenvalue weighted by molar-refractivity contribution is 7.89. The summed E-state index contributed by atoms with van der Waals surface area (Å²) >= 11 is 0. The summed E-state index contributed by atoms with van der Waals surface area (Å²) in [6.07, 6.45) is 3.36. The maximum Gasteiger partial charge on any atom is 0.240 e. The van der Waals surface area contributed by atoms with Crippen molar-refractivity contribution in [1.29, 1.82) is 0 Å². The second-order valence-corrected chi connectivity index (χ2v) is 6.26. The van der Waals surface area contributed by atoms with E-state index in [0.29, 0.717) is 25.3 Å². The van der Waals surface area contributed by atoms with Gasteiger partial charge in [0.15, 0.2) is 0 Å². The first kappa shape index (κ1) is 15.3. The molecule has 2 rings (SSSR count). The Balaban J connectivity index is 1.90. The summed E-state index contributed by atoms with van der Waals surface area (Å²) in [5, 5.41) is 7.27. The van der Waals surface area contributed by atoms with Crippen molar-refractivity contribution in [2.45, 2.75) is 18.4 Å². The van der Waals surface area contributed by atoms with Crippen LogP contribution >= 0.6 is 0 Å². The van der Waals surface area contributed by atoms with Gasteiger partial charge in [0, 0.05) is 25.0 Å². The number of nitrogens with one attached hydrogen (secondary N) is 2. The standard InChI is InChI=1S/C13H19N5O2S/c1-2-17-21(19,20)13-5-3-12(4-6-13)15-7-8-18-10-11(14)9-16-18/h3-6,9-10,15,17H,2,7-8,14H2,1H3. The molecule has 0 aliphatic heterocycles. The molecule has 0 saturated carbocycles. The van der Waals surface area contributed by atoms with Crippen LogP contribution in [0.4, 0.5) is 11.4 Å². The molecule has 0 atom stereocenters. The van der Waals surface area contributed by atoms with E-state index in [1.807, 2.05) is 0 Å². The zero-order valence-electron chi connectivity index (χ0n) is 11.8. The van der Waals surface area contributed by atoms with Gasteiger partial charge in [0.2, 0.25) is 10.0 Å². The second-order valence-electron chi connectivity index (χ2n) is 4.49. The van der Waals surface area contributed by atoms with Crippen molar-refractivity contribution in [3.8, 4) is 0 Å². The molecule has 2 aromatic rings. The monoisotopic (exact) mass is 309 g/mol. The molecule has 0 fully saturated rings. The summed E-state index contributed by atoms with van der Waals surface area (Å²) in [6.45, 7) is 3.46. The highest BCUT2D eigenvalue weighted by Gasteiger charge is 2.11. The lowest BCUT2D eigenvalue weighted by Crippen LogP contribution is -2.23. The van der Waals surface area contributed by atoms with Crippen molar-refractivity contribution in [2.75, 3.05) is 24.1 Å². The van der Waals surface area contributed by atoms with Crippen LogP contribution in [-0.2, 0) is 16.6 Å². The molecule has 7 nitrogen and oxygen atoms in total. The van der Waals surface area contributed by atoms with E-state index in [2.05, 4.69) is 15.1 Å². The van der Waals surface area contributed by atoms with Crippen molar-refractivity contribution in [1.82, 2.24) is 14.5 Å². The first-order valence-corrected chi connectivity index (χ1v) is 8.11. The van der Waals surface area contributed by atoms with Gasteiger partial charge in [-0.2, -0.15) is 5.10 Å². The van der Waals surface area contributed by atoms with Crippen LogP contribution in [0.25, 0.3) is 0 Å². The lowest BCUT2D eigenvalue weighted by molar-refractivity contribution is 0.584. The minimum absolute atomic E-state index is 0.259. The van der Waals surface area contributed by atoms with E-state index in [0.717, 1.165) is 5.69 Å². The topological polar surface area (TPSA) is 102 Å². The number of nitrogen functional groups attached to an aromatic ring is 1. The number of hydrogen-bond donors (Lipinski definition) is 3. The molecule has 0 aliphatic carbocycles. The van der Waals surface area contributed by atoms with Crippen LogP contribution in [0.15, 0.2) is 41.6 Å². The third-order valence-electron chi connectivity index (χ3n) is 2.82. The molecule has 8 heteroatoms. The Hall–Kier alpha value is -2.06. The Labute approximate surface area is 124 Å². The molecule has 0 unspecified atom stereocenters. The van der Waals surface area contributed by atoms with Crippen molar-refractivity contribution >= 4 is 21.4 Å². The number of benzene rings is 1. The van der Waals surface area contributed by atoms with Gasteiger partial charge in [0.25, 0.3) is 0 Å². The molecule has 4 N–H and O–H groups in total. The molecule has 0 bridgehead atoms. The molecule has 1 aromatic heterocycles. The quantitative estimate of drug-likeness (QED) is 0.704. The van der Waals surface area contributed by atoms with E-state index in [1.54, 1.807) is 48.3 Å². The maximum absolute atomic E-state index is 11.8. The predicted octanol–water partition coefficient (Wildman–Crippen LogP) is 0.876. The number of rotatable bonds is 7. The number of anilines is 2. The van der Waals surface area contributed by atoms with Crippen LogP contribution < -0.4 is 15.8 Å². The van der Waals surface area contributed by atoms with E-state index in [9.17, 15) is 8.42 Å². The molecule has 0 amide bonds. The Morgan fingerprint density at radius 3 is 2.57 bits per heavy atom. The normalized spacial score (nSPS) is 11.5. The van der Waals surface area contributed by atoms with Gasteiger partial charge in [-0.15, -0.1) is 0 Å². The molecule has 1 aromatic carbocycles. The van der Waals surface area contributed by atoms with E-state index in [-0.39, 0.29) is 4.90 Å². The van der Waals surface area contributed by atoms with Crippen molar-refractivity contribution in [3.05, 3.63) is 36.7 Å². The fourth-order valence-corrected chi connectivity index (χ4v) is 2.88. The number of hydrogen-bond acceptors (Lipinski definition) is 5. The molecule has 21 heavy (non-hydrogen) atoms. The van der Waals surface area contributed by atoms with Crippen molar-refractivity contribution < 1.29 is 8.42 Å². The zero-order chi connectivity index (χ0) is 15.3. The van der Waals surface area contributed by atoms with Gasteiger partial charge in [-0.05, 0) is 24.3 Å². The van der Waals surface area contributed by atoms with Crippen molar-refractivity contribution in [3.63, 3.8) is 0 Å². The van der Waals surface area contributed by atoms with Crippen LogP contribution in [-0.4, -0.2) is 31.3 Å². The van der Waals surface area contributed by atoms with E-state index in [1.165, 1.54) is 0 Å². The van der Waals surface area contributed by atoms with Crippen LogP contribution in [0.5, 0.6) is 0 Å². The van der Waals surface area contributed by atoms with Gasteiger partial charge < -0.3 is 11.1 Å². The first-order chi connectivity index (χ1) is 10.0. The van der Waals surface area contributed by atoms with Gasteiger partial charge in [-0.3, -0.25) is 4.68 Å². The first-order valence-electron chi connectivity index (χ1n) is 6.63. The molecule has 0 radical (unpaired) electrons. The van der Waals surface area contributed by atoms with Crippen LogP contribution in [0.1, 0.15) is 6.92 Å². The second kappa shape index (κ2) is 6.59. The summed E-state index contributed by atoms with van der Waals surface area (Å²) < 4.78 is 27.8. The number of aromatic nitrogens is 2. The van der Waals surface area contributed by atoms with E-state index in [4.69, 9.17) is 5.73 Å². The van der Waals surface area contributed by atoms with Crippen LogP contribution in [0.3, 0.4) is 0 Å². The average molecular weight is 309 g/mol. The lowest BCUT2D eigenvalue weighted by Gasteiger charge is -2.08. The molecule has 0 spiro atoms. The van der Waals surface area contributed by atoms with Crippen molar-refractivity contribution in [2.24, 2.45) is 0 Å². The molecule has 0 saturated heterocycles. The smallest absolute Gasteiger partial charge is 0.240 e. The SMILES string of the molecule is CCNS(=O)(=O)c1ccc(NCCn2cc(N)cn2)cc1. The summed E-state index contributed by atoms with van der Waals surface area (Å²) in [6, 6.07) is 6.63. The molecule has 1 heterocycles. The highest BCUT2D eigenvalue weighted by atomic mass is 32.2. The number of nitrogens with zero attached hydrogens (tertiary/aromatic N) is 2. The summed E-state index contributed by atoms with van der Waals surface area (Å²) in [7, 11) is -3.39. The largest absolute Gasteiger partial charge is 0.396 e. The zero-order valence-corrected chi connectivity index (χ0v) is 12.6. The molecular weight excluding hydrogens is 290 g/mol. The summed E-state index contributed by atoms with van der Waals surface area (Å²) in [5.41, 5.74) is 7.06. The number of sulfonamides is 1.